The summed E-state index contributed by atoms with van der Waals surface area (Å²) in [5, 5.41) is 10.2. The first-order valence-electron chi connectivity index (χ1n) is 14.8. The third kappa shape index (κ3) is 4.83. The van der Waals surface area contributed by atoms with Crippen molar-refractivity contribution >= 4 is 17.7 Å². The zero-order valence-corrected chi connectivity index (χ0v) is 25.5. The molecule has 0 aliphatic carbocycles. The van der Waals surface area contributed by atoms with Crippen molar-refractivity contribution in [2.45, 2.75) is 90.3 Å². The molecule has 8 nitrogen and oxygen atoms in total. The van der Waals surface area contributed by atoms with E-state index in [1.54, 1.807) is 11.8 Å². The summed E-state index contributed by atoms with van der Waals surface area (Å²) in [5.41, 5.74) is -1.95. The summed E-state index contributed by atoms with van der Waals surface area (Å²) in [7, 11) is 0. The van der Waals surface area contributed by atoms with Crippen LogP contribution in [0.2, 0.25) is 0 Å². The Morgan fingerprint density at radius 3 is 2.24 bits per heavy atom. The number of fused-ring (bicyclic) bond motifs is 2. The van der Waals surface area contributed by atoms with E-state index < -0.39 is 40.7 Å². The molecule has 0 aromatic heterocycles. The van der Waals surface area contributed by atoms with Crippen LogP contribution in [0.5, 0.6) is 0 Å². The number of ether oxygens (including phenoxy) is 1. The highest BCUT2D eigenvalue weighted by Crippen LogP contribution is 2.58. The van der Waals surface area contributed by atoms with E-state index in [4.69, 9.17) is 4.74 Å². The number of hydrogen-bond acceptors (Lipinski definition) is 5. The van der Waals surface area contributed by atoms with Gasteiger partial charge in [0.25, 0.3) is 0 Å². The van der Waals surface area contributed by atoms with Gasteiger partial charge in [0.1, 0.15) is 11.6 Å². The molecule has 1 aromatic rings. The molecule has 4 aliphatic rings. The Labute approximate surface area is 244 Å². The lowest BCUT2D eigenvalue weighted by molar-refractivity contribution is -0.158. The minimum absolute atomic E-state index is 0.0342. The lowest BCUT2D eigenvalue weighted by Gasteiger charge is -2.45. The first kappa shape index (κ1) is 29.5. The monoisotopic (exact) mass is 563 g/mol. The number of benzene rings is 1. The molecule has 0 radical (unpaired) electrons. The van der Waals surface area contributed by atoms with Crippen LogP contribution in [0.4, 0.5) is 0 Å². The van der Waals surface area contributed by atoms with Crippen molar-refractivity contribution in [2.24, 2.45) is 17.3 Å². The molecule has 6 atom stereocenters. The van der Waals surface area contributed by atoms with E-state index in [1.165, 1.54) is 4.90 Å². The minimum atomic E-state index is -1.33. The van der Waals surface area contributed by atoms with Gasteiger partial charge < -0.3 is 24.5 Å². The lowest BCUT2D eigenvalue weighted by Crippen LogP contribution is -2.61. The molecule has 222 valence electrons. The van der Waals surface area contributed by atoms with Gasteiger partial charge in [0.15, 0.2) is 0 Å². The first-order chi connectivity index (χ1) is 19.2. The summed E-state index contributed by atoms with van der Waals surface area (Å²) >= 11 is 0. The second kappa shape index (κ2) is 10.1. The van der Waals surface area contributed by atoms with Gasteiger partial charge in [-0.3, -0.25) is 14.4 Å². The first-order valence-corrected chi connectivity index (χ1v) is 14.8. The van der Waals surface area contributed by atoms with E-state index in [2.05, 4.69) is 34.6 Å². The van der Waals surface area contributed by atoms with Gasteiger partial charge in [-0.15, -0.1) is 0 Å². The summed E-state index contributed by atoms with van der Waals surface area (Å²) in [6.07, 6.45) is 8.40. The highest BCUT2D eigenvalue weighted by Gasteiger charge is 2.75. The van der Waals surface area contributed by atoms with Crippen LogP contribution >= 0.6 is 0 Å². The van der Waals surface area contributed by atoms with E-state index in [9.17, 15) is 19.5 Å². The van der Waals surface area contributed by atoms with Gasteiger partial charge in [-0.05, 0) is 45.1 Å². The smallest absolute Gasteiger partial charge is 0.249 e. The van der Waals surface area contributed by atoms with Gasteiger partial charge in [-0.25, -0.2) is 0 Å². The minimum Gasteiger partial charge on any atom is -0.394 e. The normalized spacial score (nSPS) is 32.5. The number of likely N-dealkylation sites (tertiary alicyclic amines) is 1. The second-order valence-corrected chi connectivity index (χ2v) is 14.3. The Kier molecular flexibility index (Phi) is 7.26. The van der Waals surface area contributed by atoms with Gasteiger partial charge in [-0.2, -0.15) is 0 Å². The van der Waals surface area contributed by atoms with Crippen molar-refractivity contribution < 1.29 is 24.2 Å². The highest BCUT2D eigenvalue weighted by atomic mass is 16.5. The van der Waals surface area contributed by atoms with Crippen molar-refractivity contribution in [2.75, 3.05) is 19.7 Å². The van der Waals surface area contributed by atoms with Crippen LogP contribution in [0.25, 0.3) is 0 Å². The summed E-state index contributed by atoms with van der Waals surface area (Å²) in [4.78, 5) is 48.6. The van der Waals surface area contributed by atoms with Crippen LogP contribution in [0.3, 0.4) is 0 Å². The SMILES string of the molecule is C[C@H](CO)N1C(=O)[C@@H]2[C@H]3C(=O)N(Cc4ccccc4)CC=C[C@@]3(C)O[C@@]23C=CCN(C(C)(C)CC(C)(C)C)C(=O)C13. The maximum Gasteiger partial charge on any atom is 0.249 e. The van der Waals surface area contributed by atoms with E-state index in [1.807, 2.05) is 66.5 Å². The standard InChI is InChI=1S/C33H45N3O5/c1-22(20-37)36-26-29(40)35(31(5,6)21-30(2,3)4)18-12-16-33(26)25(28(36)39)24-27(38)34(17-11-15-32(24,7)41-33)19-23-13-9-8-10-14-23/h8-16,22,24-26,37H,17-21H2,1-7H3/t22-,24+,25+,26?,32-,33+/m1/s1. The van der Waals surface area contributed by atoms with Crippen LogP contribution in [0.15, 0.2) is 54.6 Å². The van der Waals surface area contributed by atoms with Crippen LogP contribution in [-0.4, -0.2) is 86.0 Å². The third-order valence-corrected chi connectivity index (χ3v) is 9.23. The molecule has 4 aliphatic heterocycles. The predicted molar refractivity (Wildman–Crippen MR) is 156 cm³/mol. The Hall–Kier alpha value is -2.97. The van der Waals surface area contributed by atoms with E-state index in [0.717, 1.165) is 12.0 Å². The maximum atomic E-state index is 14.7. The summed E-state index contributed by atoms with van der Waals surface area (Å²) in [6, 6.07) is 8.18. The molecule has 1 unspecified atom stereocenters. The second-order valence-electron chi connectivity index (χ2n) is 14.3. The fourth-order valence-electron chi connectivity index (χ4n) is 7.96. The number of hydrogen-bond donors (Lipinski definition) is 1. The van der Waals surface area contributed by atoms with Crippen molar-refractivity contribution in [3.05, 3.63) is 60.2 Å². The Morgan fingerprint density at radius 1 is 0.951 bits per heavy atom. The van der Waals surface area contributed by atoms with Crippen LogP contribution in [0, 0.1) is 17.3 Å². The zero-order valence-electron chi connectivity index (χ0n) is 25.5. The van der Waals surface area contributed by atoms with Gasteiger partial charge in [-0.1, -0.05) is 75.4 Å². The molecule has 0 saturated carbocycles. The molecule has 2 saturated heterocycles. The molecular formula is C33H45N3O5. The van der Waals surface area contributed by atoms with Gasteiger partial charge in [0.2, 0.25) is 17.7 Å². The summed E-state index contributed by atoms with van der Waals surface area (Å²) in [5.74, 6) is -2.41. The molecular weight excluding hydrogens is 518 g/mol. The van der Waals surface area contributed by atoms with Crippen molar-refractivity contribution in [3.63, 3.8) is 0 Å². The predicted octanol–water partition coefficient (Wildman–Crippen LogP) is 3.55. The number of carbonyl (C=O) groups is 3. The van der Waals surface area contributed by atoms with Crippen LogP contribution in [-0.2, 0) is 25.7 Å². The molecule has 3 amide bonds. The average molecular weight is 564 g/mol. The largest absolute Gasteiger partial charge is 0.394 e. The fraction of sp³-hybridized carbons (Fsp3) is 0.606. The number of carbonyl (C=O) groups excluding carboxylic acids is 3. The van der Waals surface area contributed by atoms with E-state index >= 15 is 0 Å². The number of aliphatic hydroxyl groups excluding tert-OH is 1. The quantitative estimate of drug-likeness (QED) is 0.535. The third-order valence-electron chi connectivity index (χ3n) is 9.23. The number of amides is 3. The van der Waals surface area contributed by atoms with Crippen molar-refractivity contribution in [1.82, 2.24) is 14.7 Å². The molecule has 2 fully saturated rings. The number of rotatable bonds is 6. The van der Waals surface area contributed by atoms with Crippen LogP contribution < -0.4 is 0 Å². The van der Waals surface area contributed by atoms with Crippen molar-refractivity contribution in [3.8, 4) is 0 Å². The zero-order chi connectivity index (χ0) is 30.0. The molecule has 4 heterocycles. The van der Waals surface area contributed by atoms with Crippen molar-refractivity contribution in [1.29, 1.82) is 0 Å². The van der Waals surface area contributed by atoms with E-state index in [0.29, 0.717) is 19.6 Å². The maximum absolute atomic E-state index is 14.7. The lowest BCUT2D eigenvalue weighted by atomic mass is 9.74. The molecule has 1 N–H and O–H groups in total. The number of aliphatic hydroxyl groups is 1. The topological polar surface area (TPSA) is 90.4 Å². The molecule has 8 heteroatoms. The molecule has 1 spiro atoms. The Balaban J connectivity index is 1.59. The van der Waals surface area contributed by atoms with Gasteiger partial charge in [0.05, 0.1) is 30.1 Å². The highest BCUT2D eigenvalue weighted by molar-refractivity contribution is 6.00. The number of nitrogens with zero attached hydrogens (tertiary/aromatic N) is 3. The average Bonchev–Trinajstić information content (AvgIpc) is 3.16. The van der Waals surface area contributed by atoms with Gasteiger partial charge in [0, 0.05) is 25.2 Å². The molecule has 5 rings (SSSR count). The van der Waals surface area contributed by atoms with Gasteiger partial charge >= 0.3 is 0 Å². The fourth-order valence-corrected chi connectivity index (χ4v) is 7.96. The molecule has 41 heavy (non-hydrogen) atoms. The Morgan fingerprint density at radius 2 is 1.61 bits per heavy atom. The summed E-state index contributed by atoms with van der Waals surface area (Å²) < 4.78 is 6.91. The summed E-state index contributed by atoms with van der Waals surface area (Å²) in [6.45, 7) is 15.1. The van der Waals surface area contributed by atoms with E-state index in [-0.39, 0.29) is 29.7 Å². The van der Waals surface area contributed by atoms with Crippen LogP contribution in [0.1, 0.15) is 60.5 Å². The molecule has 1 aromatic carbocycles. The molecule has 0 bridgehead atoms. The Bertz CT molecular complexity index is 1270.